The lowest BCUT2D eigenvalue weighted by atomic mass is 10.2. The van der Waals surface area contributed by atoms with Crippen LogP contribution in [0.25, 0.3) is 10.2 Å². The number of amides is 1. The molecule has 1 aliphatic rings. The van der Waals surface area contributed by atoms with Crippen molar-refractivity contribution < 1.29 is 4.79 Å². The Kier molecular flexibility index (Phi) is 4.51. The van der Waals surface area contributed by atoms with Crippen molar-refractivity contribution >= 4 is 39.2 Å². The second-order valence-electron chi connectivity index (χ2n) is 6.22. The average Bonchev–Trinajstić information content (AvgIpc) is 3.03. The average molecular weight is 351 g/mol. The third-order valence-electron chi connectivity index (χ3n) is 3.99. The third kappa shape index (κ3) is 3.04. The summed E-state index contributed by atoms with van der Waals surface area (Å²) in [6.07, 6.45) is 3.16. The molecule has 1 amide bonds. The van der Waals surface area contributed by atoms with Gasteiger partial charge in [0.25, 0.3) is 5.56 Å². The Labute approximate surface area is 143 Å². The SMILES string of the molecule is CC(C)NC(=O)[C@@H](C)Sc1nc2sc3c(c2c(=O)n1C)CCC3. The number of carbonyl (C=O) groups excluding carboxylic acids is 1. The molecule has 2 heterocycles. The molecule has 1 atom stereocenters. The normalized spacial score (nSPS) is 15.2. The maximum Gasteiger partial charge on any atom is 0.262 e. The van der Waals surface area contributed by atoms with Crippen LogP contribution in [0.2, 0.25) is 0 Å². The second kappa shape index (κ2) is 6.28. The second-order valence-corrected chi connectivity index (χ2v) is 8.61. The van der Waals surface area contributed by atoms with E-state index < -0.39 is 0 Å². The number of rotatable bonds is 4. The minimum Gasteiger partial charge on any atom is -0.353 e. The summed E-state index contributed by atoms with van der Waals surface area (Å²) >= 11 is 2.97. The highest BCUT2D eigenvalue weighted by Gasteiger charge is 2.24. The van der Waals surface area contributed by atoms with Crippen molar-refractivity contribution in [1.82, 2.24) is 14.9 Å². The molecule has 0 bridgehead atoms. The van der Waals surface area contributed by atoms with Gasteiger partial charge in [0.2, 0.25) is 5.91 Å². The van der Waals surface area contributed by atoms with Crippen LogP contribution in [0.15, 0.2) is 9.95 Å². The van der Waals surface area contributed by atoms with E-state index in [4.69, 9.17) is 0 Å². The summed E-state index contributed by atoms with van der Waals surface area (Å²) in [7, 11) is 1.74. The minimum atomic E-state index is -0.292. The Balaban J connectivity index is 1.95. The lowest BCUT2D eigenvalue weighted by Gasteiger charge is -2.15. The van der Waals surface area contributed by atoms with E-state index in [9.17, 15) is 9.59 Å². The van der Waals surface area contributed by atoms with Gasteiger partial charge in [0.1, 0.15) is 4.83 Å². The molecule has 2 aromatic rings. The number of nitrogens with one attached hydrogen (secondary N) is 1. The zero-order valence-electron chi connectivity index (χ0n) is 13.8. The standard InChI is InChI=1S/C16H21N3O2S2/c1-8(2)17-13(20)9(3)22-16-18-14-12(15(21)19(16)4)10-6-5-7-11(10)23-14/h8-9H,5-7H2,1-4H3,(H,17,20)/t9-/m1/s1. The van der Waals surface area contributed by atoms with Gasteiger partial charge in [-0.15, -0.1) is 11.3 Å². The van der Waals surface area contributed by atoms with Crippen LogP contribution < -0.4 is 10.9 Å². The van der Waals surface area contributed by atoms with Gasteiger partial charge in [-0.2, -0.15) is 0 Å². The highest BCUT2D eigenvalue weighted by molar-refractivity contribution is 8.00. The van der Waals surface area contributed by atoms with Gasteiger partial charge in [0.15, 0.2) is 5.16 Å². The minimum absolute atomic E-state index is 0.00775. The highest BCUT2D eigenvalue weighted by Crippen LogP contribution is 2.35. The van der Waals surface area contributed by atoms with Crippen molar-refractivity contribution in [3.8, 4) is 0 Å². The molecule has 3 rings (SSSR count). The van der Waals surface area contributed by atoms with Gasteiger partial charge in [-0.3, -0.25) is 14.2 Å². The van der Waals surface area contributed by atoms with Crippen LogP contribution in [0.5, 0.6) is 0 Å². The molecule has 0 spiro atoms. The van der Waals surface area contributed by atoms with Gasteiger partial charge >= 0.3 is 0 Å². The van der Waals surface area contributed by atoms with Crippen molar-refractivity contribution in [2.24, 2.45) is 7.05 Å². The maximum absolute atomic E-state index is 12.7. The topological polar surface area (TPSA) is 64.0 Å². The van der Waals surface area contributed by atoms with Crippen LogP contribution in [0.1, 0.15) is 37.6 Å². The molecular weight excluding hydrogens is 330 g/mol. The molecule has 0 aromatic carbocycles. The number of hydrogen-bond acceptors (Lipinski definition) is 5. The van der Waals surface area contributed by atoms with Crippen molar-refractivity contribution in [2.45, 2.75) is 56.5 Å². The molecule has 0 fully saturated rings. The van der Waals surface area contributed by atoms with Gasteiger partial charge < -0.3 is 5.32 Å². The Morgan fingerprint density at radius 3 is 2.78 bits per heavy atom. The Morgan fingerprint density at radius 1 is 1.35 bits per heavy atom. The molecule has 0 aliphatic heterocycles. The van der Waals surface area contributed by atoms with Crippen LogP contribution in [-0.4, -0.2) is 26.8 Å². The first kappa shape index (κ1) is 16.5. The summed E-state index contributed by atoms with van der Waals surface area (Å²) in [6, 6.07) is 0.102. The van der Waals surface area contributed by atoms with Crippen molar-refractivity contribution in [3.05, 3.63) is 20.8 Å². The molecule has 0 saturated heterocycles. The number of nitrogens with zero attached hydrogens (tertiary/aromatic N) is 2. The first-order valence-corrected chi connectivity index (χ1v) is 9.56. The van der Waals surface area contributed by atoms with E-state index in [-0.39, 0.29) is 22.8 Å². The highest BCUT2D eigenvalue weighted by atomic mass is 32.2. The number of aromatic nitrogens is 2. The Bertz CT molecular complexity index is 823. The smallest absolute Gasteiger partial charge is 0.262 e. The molecule has 2 aromatic heterocycles. The van der Waals surface area contributed by atoms with Gasteiger partial charge in [-0.1, -0.05) is 11.8 Å². The monoisotopic (exact) mass is 351 g/mol. The predicted octanol–water partition coefficient (Wildman–Crippen LogP) is 2.49. The molecule has 0 saturated carbocycles. The molecule has 7 heteroatoms. The van der Waals surface area contributed by atoms with Crippen molar-refractivity contribution in [3.63, 3.8) is 0 Å². The Hall–Kier alpha value is -1.34. The van der Waals surface area contributed by atoms with E-state index in [0.717, 1.165) is 29.5 Å². The summed E-state index contributed by atoms with van der Waals surface area (Å²) in [4.78, 5) is 31.6. The van der Waals surface area contributed by atoms with Gasteiger partial charge in [0, 0.05) is 18.0 Å². The van der Waals surface area contributed by atoms with Crippen LogP contribution in [-0.2, 0) is 24.7 Å². The van der Waals surface area contributed by atoms with E-state index in [2.05, 4.69) is 10.3 Å². The summed E-state index contributed by atoms with van der Waals surface area (Å²) in [5.41, 5.74) is 1.20. The quantitative estimate of drug-likeness (QED) is 0.679. The molecule has 0 unspecified atom stereocenters. The zero-order chi connectivity index (χ0) is 16.7. The summed E-state index contributed by atoms with van der Waals surface area (Å²) < 4.78 is 1.58. The van der Waals surface area contributed by atoms with Crippen LogP contribution in [0.3, 0.4) is 0 Å². The number of thiophene rings is 1. The lowest BCUT2D eigenvalue weighted by molar-refractivity contribution is -0.120. The van der Waals surface area contributed by atoms with E-state index in [0.29, 0.717) is 5.16 Å². The van der Waals surface area contributed by atoms with E-state index in [1.54, 1.807) is 23.0 Å². The number of hydrogen-bond donors (Lipinski definition) is 1. The summed E-state index contributed by atoms with van der Waals surface area (Å²) in [6.45, 7) is 5.71. The third-order valence-corrected chi connectivity index (χ3v) is 6.32. The first-order valence-electron chi connectivity index (χ1n) is 7.86. The predicted molar refractivity (Wildman–Crippen MR) is 95.5 cm³/mol. The lowest BCUT2D eigenvalue weighted by Crippen LogP contribution is -2.36. The molecule has 0 radical (unpaired) electrons. The number of aryl methyl sites for hydroxylation is 2. The summed E-state index contributed by atoms with van der Waals surface area (Å²) in [5, 5.41) is 3.99. The molecule has 1 aliphatic carbocycles. The largest absolute Gasteiger partial charge is 0.353 e. The van der Waals surface area contributed by atoms with Gasteiger partial charge in [-0.05, 0) is 45.6 Å². The molecule has 23 heavy (non-hydrogen) atoms. The fourth-order valence-electron chi connectivity index (χ4n) is 2.82. The zero-order valence-corrected chi connectivity index (χ0v) is 15.4. The number of fused-ring (bicyclic) bond motifs is 3. The van der Waals surface area contributed by atoms with Crippen molar-refractivity contribution in [1.29, 1.82) is 0 Å². The van der Waals surface area contributed by atoms with Gasteiger partial charge in [-0.25, -0.2) is 4.98 Å². The van der Waals surface area contributed by atoms with E-state index >= 15 is 0 Å². The van der Waals surface area contributed by atoms with Crippen LogP contribution >= 0.6 is 23.1 Å². The Morgan fingerprint density at radius 2 is 2.09 bits per heavy atom. The van der Waals surface area contributed by atoms with Crippen LogP contribution in [0.4, 0.5) is 0 Å². The maximum atomic E-state index is 12.7. The number of thioether (sulfide) groups is 1. The molecule has 124 valence electrons. The molecule has 1 N–H and O–H groups in total. The fraction of sp³-hybridized carbons (Fsp3) is 0.562. The van der Waals surface area contributed by atoms with E-state index in [1.807, 2.05) is 20.8 Å². The number of carbonyl (C=O) groups is 1. The van der Waals surface area contributed by atoms with Crippen molar-refractivity contribution in [2.75, 3.05) is 0 Å². The van der Waals surface area contributed by atoms with Crippen LogP contribution in [0, 0.1) is 0 Å². The molecule has 5 nitrogen and oxygen atoms in total. The molecular formula is C16H21N3O2S2. The van der Waals surface area contributed by atoms with E-state index in [1.165, 1.54) is 22.2 Å². The first-order chi connectivity index (χ1) is 10.9. The summed E-state index contributed by atoms with van der Waals surface area (Å²) in [5.74, 6) is -0.0342. The van der Waals surface area contributed by atoms with Gasteiger partial charge in [0.05, 0.1) is 10.6 Å². The fourth-order valence-corrected chi connectivity index (χ4v) is 5.01.